The Morgan fingerprint density at radius 2 is 2.12 bits per heavy atom. The van der Waals surface area contributed by atoms with Gasteiger partial charge in [-0.1, -0.05) is 20.8 Å². The van der Waals surface area contributed by atoms with Crippen LogP contribution in [0.3, 0.4) is 0 Å². The second kappa shape index (κ2) is 8.78. The number of nitrogens with zero attached hydrogens (tertiary/aromatic N) is 3. The molecule has 0 N–H and O–H groups in total. The SMILES string of the molecule is CCCN(CCF)CCOc1ccc2c(C(=O)C(C)C)cnn2c1. The molecule has 0 bridgehead atoms. The van der Waals surface area contributed by atoms with Crippen LogP contribution in [0, 0.1) is 5.92 Å². The zero-order valence-corrected chi connectivity index (χ0v) is 14.7. The third-order valence-electron chi connectivity index (χ3n) is 3.90. The van der Waals surface area contributed by atoms with E-state index < -0.39 is 0 Å². The molecule has 0 aliphatic carbocycles. The van der Waals surface area contributed by atoms with Gasteiger partial charge in [-0.3, -0.25) is 9.69 Å². The van der Waals surface area contributed by atoms with Crippen LogP contribution in [0.1, 0.15) is 37.6 Å². The van der Waals surface area contributed by atoms with Crippen LogP contribution in [-0.2, 0) is 0 Å². The first kappa shape index (κ1) is 18.4. The average molecular weight is 335 g/mol. The molecule has 0 aliphatic rings. The number of halogens is 1. The first-order valence-electron chi connectivity index (χ1n) is 8.49. The number of ketones is 1. The van der Waals surface area contributed by atoms with Gasteiger partial charge in [0, 0.05) is 19.0 Å². The highest BCUT2D eigenvalue weighted by Gasteiger charge is 2.16. The van der Waals surface area contributed by atoms with E-state index in [1.807, 2.05) is 30.9 Å². The summed E-state index contributed by atoms with van der Waals surface area (Å²) in [5.74, 6) is 0.708. The molecule has 0 aromatic carbocycles. The lowest BCUT2D eigenvalue weighted by molar-refractivity contribution is 0.0941. The highest BCUT2D eigenvalue weighted by Crippen LogP contribution is 2.19. The number of fused-ring (bicyclic) bond motifs is 1. The van der Waals surface area contributed by atoms with Crippen molar-refractivity contribution in [3.63, 3.8) is 0 Å². The van der Waals surface area contributed by atoms with E-state index in [-0.39, 0.29) is 18.4 Å². The Bertz CT molecular complexity index is 663. The zero-order valence-electron chi connectivity index (χ0n) is 14.7. The molecule has 0 aliphatic heterocycles. The Labute approximate surface area is 142 Å². The van der Waals surface area contributed by atoms with Crippen LogP contribution >= 0.6 is 0 Å². The number of hydrogen-bond donors (Lipinski definition) is 0. The van der Waals surface area contributed by atoms with E-state index in [9.17, 15) is 9.18 Å². The number of hydrogen-bond acceptors (Lipinski definition) is 4. The molecule has 2 aromatic rings. The van der Waals surface area contributed by atoms with E-state index in [0.717, 1.165) is 18.5 Å². The Balaban J connectivity index is 2.00. The van der Waals surface area contributed by atoms with Crippen molar-refractivity contribution >= 4 is 11.3 Å². The van der Waals surface area contributed by atoms with Gasteiger partial charge in [0.25, 0.3) is 0 Å². The van der Waals surface area contributed by atoms with Gasteiger partial charge in [-0.15, -0.1) is 0 Å². The van der Waals surface area contributed by atoms with Gasteiger partial charge < -0.3 is 4.74 Å². The molecule has 0 saturated heterocycles. The van der Waals surface area contributed by atoms with Gasteiger partial charge in [0.05, 0.1) is 23.5 Å². The Morgan fingerprint density at radius 1 is 1.33 bits per heavy atom. The van der Waals surface area contributed by atoms with Crippen LogP contribution in [0.15, 0.2) is 24.5 Å². The highest BCUT2D eigenvalue weighted by molar-refractivity contribution is 6.03. The normalized spacial score (nSPS) is 11.6. The maximum Gasteiger partial charge on any atom is 0.169 e. The van der Waals surface area contributed by atoms with Crippen LogP contribution < -0.4 is 4.74 Å². The number of ether oxygens (including phenoxy) is 1. The summed E-state index contributed by atoms with van der Waals surface area (Å²) in [6, 6.07) is 3.69. The molecule has 6 heteroatoms. The van der Waals surface area contributed by atoms with Gasteiger partial charge >= 0.3 is 0 Å². The smallest absolute Gasteiger partial charge is 0.169 e. The topological polar surface area (TPSA) is 46.8 Å². The molecule has 0 radical (unpaired) electrons. The van der Waals surface area contributed by atoms with Crippen LogP contribution in [0.5, 0.6) is 5.75 Å². The zero-order chi connectivity index (χ0) is 17.5. The molecule has 0 saturated carbocycles. The van der Waals surface area contributed by atoms with Crippen LogP contribution in [0.25, 0.3) is 5.52 Å². The molecule has 5 nitrogen and oxygen atoms in total. The van der Waals surface area contributed by atoms with Crippen molar-refractivity contribution in [1.29, 1.82) is 0 Å². The Hall–Kier alpha value is -1.95. The molecule has 0 amide bonds. The third kappa shape index (κ3) is 4.54. The van der Waals surface area contributed by atoms with Crippen LogP contribution in [0.2, 0.25) is 0 Å². The Morgan fingerprint density at radius 3 is 2.79 bits per heavy atom. The lowest BCUT2D eigenvalue weighted by Gasteiger charge is -2.20. The van der Waals surface area contributed by atoms with E-state index in [1.165, 1.54) is 0 Å². The van der Waals surface area contributed by atoms with Gasteiger partial charge in [0.15, 0.2) is 5.78 Å². The first-order chi connectivity index (χ1) is 11.6. The van der Waals surface area contributed by atoms with E-state index in [0.29, 0.717) is 31.0 Å². The molecular weight excluding hydrogens is 309 g/mol. The van der Waals surface area contributed by atoms with Crippen molar-refractivity contribution in [3.8, 4) is 5.75 Å². The minimum absolute atomic E-state index is 0.0611. The molecule has 0 unspecified atom stereocenters. The summed E-state index contributed by atoms with van der Waals surface area (Å²) in [5, 5.41) is 4.24. The average Bonchev–Trinajstić information content (AvgIpc) is 2.97. The van der Waals surface area contributed by atoms with Gasteiger partial charge in [-0.25, -0.2) is 8.91 Å². The fraction of sp³-hybridized carbons (Fsp3) is 0.556. The van der Waals surface area contributed by atoms with E-state index in [1.54, 1.807) is 16.9 Å². The van der Waals surface area contributed by atoms with E-state index in [2.05, 4.69) is 12.0 Å². The summed E-state index contributed by atoms with van der Waals surface area (Å²) in [7, 11) is 0. The second-order valence-electron chi connectivity index (χ2n) is 6.15. The van der Waals surface area contributed by atoms with E-state index in [4.69, 9.17) is 4.74 Å². The fourth-order valence-corrected chi connectivity index (χ4v) is 2.62. The molecule has 0 fully saturated rings. The number of aromatic nitrogens is 2. The summed E-state index contributed by atoms with van der Waals surface area (Å²) in [5.41, 5.74) is 1.42. The largest absolute Gasteiger partial charge is 0.491 e. The summed E-state index contributed by atoms with van der Waals surface area (Å²) in [4.78, 5) is 14.2. The molecule has 2 aromatic heterocycles. The van der Waals surface area contributed by atoms with Gasteiger partial charge in [-0.2, -0.15) is 5.10 Å². The number of rotatable bonds is 10. The minimum Gasteiger partial charge on any atom is -0.491 e. The molecule has 0 atom stereocenters. The minimum atomic E-state index is -0.341. The molecule has 2 heterocycles. The summed E-state index contributed by atoms with van der Waals surface area (Å²) >= 11 is 0. The van der Waals surface area contributed by atoms with Crippen molar-refractivity contribution in [2.75, 3.05) is 32.9 Å². The number of pyridine rings is 1. The van der Waals surface area contributed by atoms with Crippen LogP contribution in [0.4, 0.5) is 4.39 Å². The highest BCUT2D eigenvalue weighted by atomic mass is 19.1. The van der Waals surface area contributed by atoms with Crippen molar-refractivity contribution in [2.45, 2.75) is 27.2 Å². The fourth-order valence-electron chi connectivity index (χ4n) is 2.62. The predicted octanol–water partition coefficient (Wildman–Crippen LogP) is 3.23. The number of carbonyl (C=O) groups excluding carboxylic acids is 1. The summed E-state index contributed by atoms with van der Waals surface area (Å²) in [6.45, 7) is 7.98. The maximum atomic E-state index is 12.5. The van der Waals surface area contributed by atoms with Gasteiger partial charge in [0.1, 0.15) is 19.0 Å². The molecular formula is C18H26FN3O2. The van der Waals surface area contributed by atoms with Crippen molar-refractivity contribution in [3.05, 3.63) is 30.1 Å². The standard InChI is InChI=1S/C18H26FN3O2/c1-4-8-21(9-7-19)10-11-24-15-5-6-17-16(18(23)14(2)3)12-20-22(17)13-15/h5-6,12-14H,4,7-11H2,1-3H3. The van der Waals surface area contributed by atoms with Crippen molar-refractivity contribution in [2.24, 2.45) is 5.92 Å². The third-order valence-corrected chi connectivity index (χ3v) is 3.90. The monoisotopic (exact) mass is 335 g/mol. The van der Waals surface area contributed by atoms with E-state index >= 15 is 0 Å². The number of carbonyl (C=O) groups is 1. The van der Waals surface area contributed by atoms with Gasteiger partial charge in [-0.05, 0) is 25.1 Å². The van der Waals surface area contributed by atoms with Crippen molar-refractivity contribution < 1.29 is 13.9 Å². The predicted molar refractivity (Wildman–Crippen MR) is 92.6 cm³/mol. The van der Waals surface area contributed by atoms with Gasteiger partial charge in [0.2, 0.25) is 0 Å². The molecule has 24 heavy (non-hydrogen) atoms. The summed E-state index contributed by atoms with van der Waals surface area (Å²) < 4.78 is 19.9. The summed E-state index contributed by atoms with van der Waals surface area (Å²) in [6.07, 6.45) is 4.36. The lowest BCUT2D eigenvalue weighted by Crippen LogP contribution is -2.31. The van der Waals surface area contributed by atoms with Crippen molar-refractivity contribution in [1.82, 2.24) is 14.5 Å². The molecule has 2 rings (SSSR count). The van der Waals surface area contributed by atoms with Crippen LogP contribution in [-0.4, -0.2) is 53.2 Å². The molecule has 132 valence electrons. The lowest BCUT2D eigenvalue weighted by atomic mass is 10.0. The molecule has 0 spiro atoms. The quantitative estimate of drug-likeness (QED) is 0.626. The number of alkyl halides is 1. The first-order valence-corrected chi connectivity index (χ1v) is 8.49. The maximum absolute atomic E-state index is 12.5. The second-order valence-corrected chi connectivity index (χ2v) is 6.15. The Kier molecular flexibility index (Phi) is 6.73. The number of Topliss-reactive ketones (excluding diaryl/α,β-unsaturated/α-hetero) is 1.